The average Bonchev–Trinajstić information content (AvgIpc) is 2.68. The van der Waals surface area contributed by atoms with Gasteiger partial charge in [-0.05, 0) is 24.0 Å². The lowest BCUT2D eigenvalue weighted by Crippen LogP contribution is -2.31. The predicted molar refractivity (Wildman–Crippen MR) is 121 cm³/mol. The van der Waals surface area contributed by atoms with E-state index in [2.05, 4.69) is 11.1 Å². The molecule has 0 aliphatic heterocycles. The number of terminal acetylenes is 1. The molecule has 0 amide bonds. The molecule has 0 saturated carbocycles. The van der Waals surface area contributed by atoms with Crippen LogP contribution in [0.4, 0.5) is 0 Å². The Labute approximate surface area is 192 Å². The summed E-state index contributed by atoms with van der Waals surface area (Å²) in [5, 5.41) is 4.39. The molecule has 1 aromatic rings. The van der Waals surface area contributed by atoms with Gasteiger partial charge in [0.2, 0.25) is 0 Å². The molecule has 0 aromatic heterocycles. The third-order valence-corrected chi connectivity index (χ3v) is 5.23. The summed E-state index contributed by atoms with van der Waals surface area (Å²) in [6, 6.07) is 3.00. The highest BCUT2D eigenvalue weighted by Gasteiger charge is 2.38. The molecule has 1 aliphatic rings. The van der Waals surface area contributed by atoms with Gasteiger partial charge in [0, 0.05) is 12.8 Å². The Morgan fingerprint density at radius 3 is 2.55 bits per heavy atom. The third-order valence-electron chi connectivity index (χ3n) is 4.62. The zero-order valence-electron chi connectivity index (χ0n) is 18.0. The van der Waals surface area contributed by atoms with Crippen molar-refractivity contribution in [2.75, 3.05) is 13.7 Å². The van der Waals surface area contributed by atoms with Crippen molar-refractivity contribution in [1.29, 1.82) is 0 Å². The summed E-state index contributed by atoms with van der Waals surface area (Å²) in [4.78, 5) is 31.2. The van der Waals surface area contributed by atoms with Gasteiger partial charge in [-0.25, -0.2) is 4.79 Å². The highest BCUT2D eigenvalue weighted by Crippen LogP contribution is 2.40. The third kappa shape index (κ3) is 6.03. The van der Waals surface area contributed by atoms with E-state index in [1.54, 1.807) is 0 Å². The van der Waals surface area contributed by atoms with Gasteiger partial charge in [-0.2, -0.15) is 0 Å². The van der Waals surface area contributed by atoms with E-state index in [0.29, 0.717) is 25.0 Å². The summed E-state index contributed by atoms with van der Waals surface area (Å²) < 4.78 is 11.0. The number of nitrogens with zero attached hydrogens (tertiary/aromatic N) is 1. The molecule has 31 heavy (non-hydrogen) atoms. The van der Waals surface area contributed by atoms with Gasteiger partial charge >= 0.3 is 5.97 Å². The first-order valence-corrected chi connectivity index (χ1v) is 10.5. The Morgan fingerprint density at radius 2 is 1.94 bits per heavy atom. The zero-order valence-corrected chi connectivity index (χ0v) is 19.5. The number of allylic oxidation sites excluding steroid dienone is 2. The number of methoxy groups -OCH3 is 1. The van der Waals surface area contributed by atoms with Crippen LogP contribution in [0.5, 0.6) is 5.75 Å². The van der Waals surface area contributed by atoms with Crippen LogP contribution in [0.25, 0.3) is 0 Å². The zero-order chi connectivity index (χ0) is 23.2. The van der Waals surface area contributed by atoms with Gasteiger partial charge in [-0.15, -0.1) is 6.42 Å². The number of benzene rings is 1. The molecule has 1 aromatic carbocycles. The second-order valence-electron chi connectivity index (χ2n) is 7.83. The van der Waals surface area contributed by atoms with Crippen molar-refractivity contribution in [2.45, 2.75) is 46.5 Å². The standard InChI is InChI=1S/C23H25Cl2NO5/c1-6-8-16(26-30-11-7-2)20-17(27)12-23(3,4)13-18(20)31-22(28)19-14(24)9-10-15(25)21(19)29-5/h2,9-10H,6,8,11-13H2,1,3-5H3/b26-16-. The van der Waals surface area contributed by atoms with Crippen LogP contribution in [0.2, 0.25) is 10.0 Å². The molecule has 0 fully saturated rings. The Hall–Kier alpha value is -2.49. The number of esters is 1. The van der Waals surface area contributed by atoms with Gasteiger partial charge in [-0.3, -0.25) is 4.79 Å². The Kier molecular flexibility index (Phi) is 8.55. The largest absolute Gasteiger partial charge is 0.494 e. The van der Waals surface area contributed by atoms with Crippen LogP contribution in [-0.4, -0.2) is 31.2 Å². The molecule has 0 N–H and O–H groups in total. The van der Waals surface area contributed by atoms with E-state index in [0.717, 1.165) is 0 Å². The van der Waals surface area contributed by atoms with Gasteiger partial charge in [0.25, 0.3) is 0 Å². The van der Waals surface area contributed by atoms with E-state index in [-0.39, 0.29) is 51.5 Å². The van der Waals surface area contributed by atoms with Gasteiger partial charge in [0.15, 0.2) is 18.1 Å². The van der Waals surface area contributed by atoms with Crippen molar-refractivity contribution in [3.63, 3.8) is 0 Å². The second kappa shape index (κ2) is 10.7. The van der Waals surface area contributed by atoms with Gasteiger partial charge in [-0.1, -0.05) is 61.5 Å². The normalized spacial score (nSPS) is 16.0. The maximum atomic E-state index is 13.1. The topological polar surface area (TPSA) is 74.2 Å². The molecule has 2 rings (SSSR count). The molecule has 0 spiro atoms. The molecule has 0 heterocycles. The lowest BCUT2D eigenvalue weighted by molar-refractivity contribution is -0.118. The number of ketones is 1. The van der Waals surface area contributed by atoms with Crippen molar-refractivity contribution >= 4 is 40.7 Å². The van der Waals surface area contributed by atoms with Crippen LogP contribution < -0.4 is 4.74 Å². The number of ether oxygens (including phenoxy) is 2. The van der Waals surface area contributed by atoms with E-state index >= 15 is 0 Å². The maximum Gasteiger partial charge on any atom is 0.348 e. The van der Waals surface area contributed by atoms with Crippen molar-refractivity contribution < 1.29 is 23.9 Å². The molecule has 0 atom stereocenters. The number of rotatable bonds is 8. The van der Waals surface area contributed by atoms with Crippen molar-refractivity contribution in [2.24, 2.45) is 10.6 Å². The van der Waals surface area contributed by atoms with E-state index in [1.807, 2.05) is 20.8 Å². The average molecular weight is 466 g/mol. The number of carbonyl (C=O) groups is 2. The first kappa shape index (κ1) is 24.8. The van der Waals surface area contributed by atoms with Crippen molar-refractivity contribution in [3.8, 4) is 18.1 Å². The monoisotopic (exact) mass is 465 g/mol. The minimum atomic E-state index is -0.775. The van der Waals surface area contributed by atoms with Crippen molar-refractivity contribution in [1.82, 2.24) is 0 Å². The molecule has 0 radical (unpaired) electrons. The van der Waals surface area contributed by atoms with Gasteiger partial charge in [0.05, 0.1) is 28.4 Å². The fourth-order valence-corrected chi connectivity index (χ4v) is 3.82. The summed E-state index contributed by atoms with van der Waals surface area (Å²) >= 11 is 12.4. The number of hydrogen-bond acceptors (Lipinski definition) is 6. The first-order chi connectivity index (χ1) is 14.6. The number of Topliss-reactive ketones (excluding diaryl/α,β-unsaturated/α-hetero) is 1. The van der Waals surface area contributed by atoms with Crippen LogP contribution in [0, 0.1) is 17.8 Å². The Bertz CT molecular complexity index is 973. The molecule has 0 unspecified atom stereocenters. The van der Waals surface area contributed by atoms with Crippen molar-refractivity contribution in [3.05, 3.63) is 39.1 Å². The number of carbonyl (C=O) groups excluding carboxylic acids is 2. The number of oxime groups is 1. The lowest BCUT2D eigenvalue weighted by atomic mass is 9.75. The molecule has 0 bridgehead atoms. The number of halogens is 2. The van der Waals surface area contributed by atoms with Gasteiger partial charge < -0.3 is 14.3 Å². The summed E-state index contributed by atoms with van der Waals surface area (Å²) in [6.45, 7) is 5.75. The van der Waals surface area contributed by atoms with Crippen LogP contribution in [0.1, 0.15) is 56.8 Å². The van der Waals surface area contributed by atoms with E-state index in [1.165, 1.54) is 19.2 Å². The second-order valence-corrected chi connectivity index (χ2v) is 8.65. The Balaban J connectivity index is 2.56. The lowest BCUT2D eigenvalue weighted by Gasteiger charge is -2.31. The molecule has 166 valence electrons. The fraction of sp³-hybridized carbons (Fsp3) is 0.435. The Morgan fingerprint density at radius 1 is 1.26 bits per heavy atom. The predicted octanol–water partition coefficient (Wildman–Crippen LogP) is 5.61. The van der Waals surface area contributed by atoms with Crippen LogP contribution in [0.3, 0.4) is 0 Å². The molecular weight excluding hydrogens is 441 g/mol. The minimum absolute atomic E-state index is 0.0168. The summed E-state index contributed by atoms with van der Waals surface area (Å²) in [5.74, 6) is 1.68. The molecule has 6 nitrogen and oxygen atoms in total. The summed E-state index contributed by atoms with van der Waals surface area (Å²) in [7, 11) is 1.38. The van der Waals surface area contributed by atoms with Crippen LogP contribution in [0.15, 0.2) is 28.6 Å². The molecule has 8 heteroatoms. The smallest absolute Gasteiger partial charge is 0.348 e. The highest BCUT2D eigenvalue weighted by molar-refractivity contribution is 6.37. The van der Waals surface area contributed by atoms with E-state index in [4.69, 9.17) is 43.9 Å². The SMILES string of the molecule is C#CCO/N=C(/CCC)C1=C(OC(=O)c2c(Cl)ccc(Cl)c2OC)CC(C)(C)CC1=O. The fourth-order valence-electron chi connectivity index (χ4n) is 3.36. The molecular formula is C23H25Cl2NO5. The minimum Gasteiger partial charge on any atom is -0.494 e. The molecule has 1 aliphatic carbocycles. The van der Waals surface area contributed by atoms with Gasteiger partial charge in [0.1, 0.15) is 11.3 Å². The van der Waals surface area contributed by atoms with E-state index < -0.39 is 11.4 Å². The van der Waals surface area contributed by atoms with Crippen LogP contribution >= 0.6 is 23.2 Å². The maximum absolute atomic E-state index is 13.1. The van der Waals surface area contributed by atoms with E-state index in [9.17, 15) is 9.59 Å². The summed E-state index contributed by atoms with van der Waals surface area (Å²) in [6.07, 6.45) is 6.99. The quantitative estimate of drug-likeness (QED) is 0.164. The summed E-state index contributed by atoms with van der Waals surface area (Å²) in [5.41, 5.74) is 0.209. The van der Waals surface area contributed by atoms with Crippen LogP contribution in [-0.2, 0) is 14.4 Å². The molecule has 0 saturated heterocycles. The first-order valence-electron chi connectivity index (χ1n) is 9.78. The number of hydrogen-bond donors (Lipinski definition) is 0. The highest BCUT2D eigenvalue weighted by atomic mass is 35.5.